The number of hydrogen-bond acceptors (Lipinski definition) is 2. The van der Waals surface area contributed by atoms with Gasteiger partial charge in [0.15, 0.2) is 0 Å². The molecule has 1 aliphatic rings. The summed E-state index contributed by atoms with van der Waals surface area (Å²) < 4.78 is 4.49. The maximum absolute atomic E-state index is 4.68. The summed E-state index contributed by atoms with van der Waals surface area (Å²) in [4.78, 5) is 4.68. The Balaban J connectivity index is 1.60. The lowest BCUT2D eigenvalue weighted by Gasteiger charge is -2.23. The van der Waals surface area contributed by atoms with E-state index < -0.39 is 0 Å². The molecule has 0 saturated carbocycles. The molecule has 0 radical (unpaired) electrons. The molecule has 0 fully saturated rings. The van der Waals surface area contributed by atoms with E-state index in [-0.39, 0.29) is 0 Å². The van der Waals surface area contributed by atoms with E-state index in [1.54, 1.807) is 0 Å². The molecule has 2 aromatic heterocycles. The Bertz CT molecular complexity index is 552. The highest BCUT2D eigenvalue weighted by Crippen LogP contribution is 2.26. The first-order valence-electron chi connectivity index (χ1n) is 7.08. The second kappa shape index (κ2) is 5.21. The number of imidazole rings is 1. The van der Waals surface area contributed by atoms with E-state index in [9.17, 15) is 0 Å². The minimum Gasteiger partial charge on any atom is -0.353 e. The molecule has 4 heteroatoms. The lowest BCUT2D eigenvalue weighted by atomic mass is 9.99. The SMILES string of the molecule is Cc1cn2c(n1)C(CNCc1cccn1C)CCC2. The van der Waals surface area contributed by atoms with Gasteiger partial charge in [0.25, 0.3) is 0 Å². The Morgan fingerprint density at radius 1 is 1.47 bits per heavy atom. The van der Waals surface area contributed by atoms with Gasteiger partial charge in [-0.2, -0.15) is 0 Å². The quantitative estimate of drug-likeness (QED) is 0.912. The van der Waals surface area contributed by atoms with Gasteiger partial charge in [0.05, 0.1) is 5.69 Å². The molecule has 0 amide bonds. The van der Waals surface area contributed by atoms with E-state index in [4.69, 9.17) is 0 Å². The van der Waals surface area contributed by atoms with E-state index in [2.05, 4.69) is 57.9 Å². The van der Waals surface area contributed by atoms with Crippen molar-refractivity contribution in [1.29, 1.82) is 0 Å². The Hall–Kier alpha value is -1.55. The van der Waals surface area contributed by atoms with Crippen LogP contribution in [0, 0.1) is 6.92 Å². The van der Waals surface area contributed by atoms with E-state index >= 15 is 0 Å². The molecular formula is C15H22N4. The second-order valence-corrected chi connectivity index (χ2v) is 5.51. The van der Waals surface area contributed by atoms with Crippen LogP contribution in [0.2, 0.25) is 0 Å². The fraction of sp³-hybridized carbons (Fsp3) is 0.533. The van der Waals surface area contributed by atoms with E-state index in [1.807, 2.05) is 0 Å². The molecule has 0 aromatic carbocycles. The van der Waals surface area contributed by atoms with Crippen LogP contribution in [0.1, 0.15) is 36.0 Å². The van der Waals surface area contributed by atoms with Crippen LogP contribution in [0.25, 0.3) is 0 Å². The Labute approximate surface area is 114 Å². The fourth-order valence-corrected chi connectivity index (χ4v) is 2.96. The first-order valence-corrected chi connectivity index (χ1v) is 7.08. The van der Waals surface area contributed by atoms with Gasteiger partial charge in [-0.15, -0.1) is 0 Å². The molecule has 102 valence electrons. The van der Waals surface area contributed by atoms with Gasteiger partial charge < -0.3 is 14.5 Å². The number of hydrogen-bond donors (Lipinski definition) is 1. The standard InChI is InChI=1S/C15H22N4/c1-12-11-19-8-3-5-13(15(19)17-12)9-16-10-14-6-4-7-18(14)2/h4,6-7,11,13,16H,3,5,8-10H2,1-2H3. The van der Waals surface area contributed by atoms with E-state index in [1.165, 1.54) is 24.4 Å². The topological polar surface area (TPSA) is 34.8 Å². The minimum atomic E-state index is 0.558. The monoisotopic (exact) mass is 258 g/mol. The Kier molecular flexibility index (Phi) is 3.42. The molecule has 1 atom stereocenters. The van der Waals surface area contributed by atoms with Crippen LogP contribution in [0.3, 0.4) is 0 Å². The van der Waals surface area contributed by atoms with Gasteiger partial charge in [-0.3, -0.25) is 0 Å². The maximum atomic E-state index is 4.68. The third-order valence-corrected chi connectivity index (χ3v) is 3.99. The fourth-order valence-electron chi connectivity index (χ4n) is 2.96. The summed E-state index contributed by atoms with van der Waals surface area (Å²) >= 11 is 0. The van der Waals surface area contributed by atoms with Gasteiger partial charge in [0.1, 0.15) is 5.82 Å². The van der Waals surface area contributed by atoms with Crippen molar-refractivity contribution in [3.8, 4) is 0 Å². The van der Waals surface area contributed by atoms with Crippen LogP contribution in [-0.2, 0) is 20.1 Å². The number of fused-ring (bicyclic) bond motifs is 1. The third-order valence-electron chi connectivity index (χ3n) is 3.99. The molecule has 0 bridgehead atoms. The number of aromatic nitrogens is 3. The highest BCUT2D eigenvalue weighted by Gasteiger charge is 2.21. The zero-order valence-electron chi connectivity index (χ0n) is 11.8. The first kappa shape index (κ1) is 12.5. The molecule has 0 spiro atoms. The number of rotatable bonds is 4. The Morgan fingerprint density at radius 3 is 3.16 bits per heavy atom. The van der Waals surface area contributed by atoms with Crippen LogP contribution in [0.4, 0.5) is 0 Å². The van der Waals surface area contributed by atoms with Crippen molar-refractivity contribution < 1.29 is 0 Å². The minimum absolute atomic E-state index is 0.558. The maximum Gasteiger partial charge on any atom is 0.113 e. The largest absolute Gasteiger partial charge is 0.353 e. The molecule has 19 heavy (non-hydrogen) atoms. The van der Waals surface area contributed by atoms with Gasteiger partial charge in [0, 0.05) is 50.7 Å². The van der Waals surface area contributed by atoms with Crippen molar-refractivity contribution in [3.63, 3.8) is 0 Å². The third kappa shape index (κ3) is 2.59. The smallest absolute Gasteiger partial charge is 0.113 e. The average Bonchev–Trinajstić information content (AvgIpc) is 2.95. The van der Waals surface area contributed by atoms with E-state index in [0.29, 0.717) is 5.92 Å². The van der Waals surface area contributed by atoms with Gasteiger partial charge in [-0.25, -0.2) is 4.98 Å². The second-order valence-electron chi connectivity index (χ2n) is 5.51. The van der Waals surface area contributed by atoms with Crippen LogP contribution >= 0.6 is 0 Å². The highest BCUT2D eigenvalue weighted by atomic mass is 15.1. The lowest BCUT2D eigenvalue weighted by molar-refractivity contribution is 0.421. The molecule has 1 unspecified atom stereocenters. The van der Waals surface area contributed by atoms with Gasteiger partial charge in [0.2, 0.25) is 0 Å². The van der Waals surface area contributed by atoms with Crippen molar-refractivity contribution in [2.45, 2.75) is 38.8 Å². The molecule has 1 aliphatic heterocycles. The number of aryl methyl sites for hydroxylation is 3. The molecule has 0 aliphatic carbocycles. The number of nitrogens with zero attached hydrogens (tertiary/aromatic N) is 3. The van der Waals surface area contributed by atoms with Crippen molar-refractivity contribution in [1.82, 2.24) is 19.4 Å². The van der Waals surface area contributed by atoms with Crippen LogP contribution in [0.5, 0.6) is 0 Å². The first-order chi connectivity index (χ1) is 9.24. The molecule has 2 aromatic rings. The Morgan fingerprint density at radius 2 is 2.37 bits per heavy atom. The van der Waals surface area contributed by atoms with Crippen LogP contribution in [-0.4, -0.2) is 20.7 Å². The average molecular weight is 258 g/mol. The summed E-state index contributed by atoms with van der Waals surface area (Å²) in [6, 6.07) is 4.26. The van der Waals surface area contributed by atoms with Crippen molar-refractivity contribution in [2.75, 3.05) is 6.54 Å². The lowest BCUT2D eigenvalue weighted by Crippen LogP contribution is -2.27. The summed E-state index contributed by atoms with van der Waals surface area (Å²) in [6.07, 6.45) is 6.78. The summed E-state index contributed by atoms with van der Waals surface area (Å²) in [5.41, 5.74) is 2.47. The van der Waals surface area contributed by atoms with Gasteiger partial charge in [-0.05, 0) is 31.9 Å². The molecule has 3 rings (SSSR count). The predicted molar refractivity (Wildman–Crippen MR) is 76.1 cm³/mol. The molecule has 4 nitrogen and oxygen atoms in total. The van der Waals surface area contributed by atoms with Gasteiger partial charge >= 0.3 is 0 Å². The van der Waals surface area contributed by atoms with Crippen LogP contribution < -0.4 is 5.32 Å². The molecule has 3 heterocycles. The van der Waals surface area contributed by atoms with Crippen LogP contribution in [0.15, 0.2) is 24.5 Å². The predicted octanol–water partition coefficient (Wildman–Crippen LogP) is 2.20. The summed E-state index contributed by atoms with van der Waals surface area (Å²) in [5, 5.41) is 3.57. The van der Waals surface area contributed by atoms with Crippen molar-refractivity contribution in [3.05, 3.63) is 41.7 Å². The van der Waals surface area contributed by atoms with Crippen molar-refractivity contribution >= 4 is 0 Å². The summed E-state index contributed by atoms with van der Waals surface area (Å²) in [6.45, 7) is 5.16. The highest BCUT2D eigenvalue weighted by molar-refractivity contribution is 5.10. The zero-order valence-corrected chi connectivity index (χ0v) is 11.8. The van der Waals surface area contributed by atoms with Crippen molar-refractivity contribution in [2.24, 2.45) is 7.05 Å². The normalized spacial score (nSPS) is 18.5. The molecule has 1 N–H and O–H groups in total. The number of nitrogens with one attached hydrogen (secondary N) is 1. The van der Waals surface area contributed by atoms with E-state index in [0.717, 1.165) is 25.3 Å². The molecule has 0 saturated heterocycles. The summed E-state index contributed by atoms with van der Waals surface area (Å²) in [7, 11) is 2.09. The summed E-state index contributed by atoms with van der Waals surface area (Å²) in [5.74, 6) is 1.82. The molecular weight excluding hydrogens is 236 g/mol. The zero-order chi connectivity index (χ0) is 13.2. The van der Waals surface area contributed by atoms with Gasteiger partial charge in [-0.1, -0.05) is 0 Å².